The van der Waals surface area contributed by atoms with Crippen molar-refractivity contribution in [2.75, 3.05) is 19.8 Å². The van der Waals surface area contributed by atoms with Crippen LogP contribution in [0.4, 0.5) is 0 Å². The van der Waals surface area contributed by atoms with Gasteiger partial charge in [0.05, 0.1) is 25.2 Å². The average Bonchev–Trinajstić information content (AvgIpc) is 2.55. The topological polar surface area (TPSA) is 98.6 Å². The van der Waals surface area contributed by atoms with Crippen molar-refractivity contribution in [3.05, 3.63) is 0 Å². The molecule has 2 amide bonds. The molecule has 98 valence electrons. The predicted molar refractivity (Wildman–Crippen MR) is 62.9 cm³/mol. The second-order valence-corrected chi connectivity index (χ2v) is 5.03. The average molecular weight is 243 g/mol. The summed E-state index contributed by atoms with van der Waals surface area (Å²) in [6.07, 6.45) is 0. The Kier molecular flexibility index (Phi) is 4.11. The minimum absolute atomic E-state index is 0.0845. The van der Waals surface area contributed by atoms with Crippen molar-refractivity contribution in [2.24, 2.45) is 16.9 Å². The van der Waals surface area contributed by atoms with Crippen LogP contribution in [0, 0.1) is 5.41 Å². The van der Waals surface area contributed by atoms with Gasteiger partial charge in [-0.05, 0) is 20.8 Å². The van der Waals surface area contributed by atoms with Crippen LogP contribution in [-0.4, -0.2) is 48.6 Å². The Bertz CT molecular complexity index is 319. The second kappa shape index (κ2) is 5.01. The number of nitrogens with two attached hydrogens (primary N) is 2. The minimum atomic E-state index is -0.764. The van der Waals surface area contributed by atoms with E-state index in [0.717, 1.165) is 0 Å². The highest BCUT2D eigenvalue weighted by Gasteiger charge is 2.47. The molecule has 0 radical (unpaired) electrons. The zero-order chi connectivity index (χ0) is 13.2. The summed E-state index contributed by atoms with van der Waals surface area (Å²) < 4.78 is 5.24. The van der Waals surface area contributed by atoms with E-state index >= 15 is 0 Å². The maximum atomic E-state index is 12.4. The Morgan fingerprint density at radius 3 is 2.47 bits per heavy atom. The molecule has 2 unspecified atom stereocenters. The number of rotatable bonds is 4. The first-order valence-corrected chi connectivity index (χ1v) is 5.71. The van der Waals surface area contributed by atoms with Crippen molar-refractivity contribution in [3.8, 4) is 0 Å². The normalized spacial score (nSPS) is 28.4. The van der Waals surface area contributed by atoms with E-state index < -0.39 is 11.3 Å². The van der Waals surface area contributed by atoms with E-state index in [0.29, 0.717) is 6.61 Å². The molecule has 1 fully saturated rings. The first-order valence-electron chi connectivity index (χ1n) is 5.71. The largest absolute Gasteiger partial charge is 0.379 e. The van der Waals surface area contributed by atoms with Gasteiger partial charge in [-0.15, -0.1) is 0 Å². The molecule has 2 atom stereocenters. The monoisotopic (exact) mass is 243 g/mol. The van der Waals surface area contributed by atoms with E-state index in [-0.39, 0.29) is 31.1 Å². The Balaban J connectivity index is 2.87. The van der Waals surface area contributed by atoms with Gasteiger partial charge in [0.1, 0.15) is 0 Å². The van der Waals surface area contributed by atoms with E-state index in [1.54, 1.807) is 6.92 Å². The molecular weight excluding hydrogens is 222 g/mol. The van der Waals surface area contributed by atoms with E-state index in [1.807, 2.05) is 13.8 Å². The summed E-state index contributed by atoms with van der Waals surface area (Å²) in [7, 11) is 0. The van der Waals surface area contributed by atoms with Crippen LogP contribution < -0.4 is 11.5 Å². The van der Waals surface area contributed by atoms with Crippen LogP contribution >= 0.6 is 0 Å². The van der Waals surface area contributed by atoms with Gasteiger partial charge in [0, 0.05) is 12.1 Å². The lowest BCUT2D eigenvalue weighted by molar-refractivity contribution is -0.146. The third kappa shape index (κ3) is 2.76. The number of ether oxygens (including phenoxy) is 1. The van der Waals surface area contributed by atoms with Crippen LogP contribution in [0.1, 0.15) is 20.8 Å². The summed E-state index contributed by atoms with van der Waals surface area (Å²) in [6, 6.07) is -0.441. The summed E-state index contributed by atoms with van der Waals surface area (Å²) in [5.41, 5.74) is 10.3. The van der Waals surface area contributed by atoms with Crippen LogP contribution in [0.15, 0.2) is 0 Å². The van der Waals surface area contributed by atoms with Gasteiger partial charge >= 0.3 is 0 Å². The first-order chi connectivity index (χ1) is 7.79. The Labute approximate surface area is 101 Å². The SMILES string of the molecule is CC(C)N(CC(N)=O)C(=O)C1(C)COCC1N. The first kappa shape index (κ1) is 13.9. The molecule has 0 aliphatic carbocycles. The molecule has 0 aromatic rings. The highest BCUT2D eigenvalue weighted by atomic mass is 16.5. The molecule has 0 aromatic heterocycles. The molecule has 0 saturated carbocycles. The van der Waals surface area contributed by atoms with Crippen molar-refractivity contribution in [2.45, 2.75) is 32.9 Å². The third-order valence-electron chi connectivity index (χ3n) is 3.22. The summed E-state index contributed by atoms with van der Waals surface area (Å²) in [4.78, 5) is 24.9. The summed E-state index contributed by atoms with van der Waals surface area (Å²) >= 11 is 0. The molecule has 6 heteroatoms. The summed E-state index contributed by atoms with van der Waals surface area (Å²) in [6.45, 7) is 6.01. The molecule has 1 aliphatic rings. The van der Waals surface area contributed by atoms with E-state index in [2.05, 4.69) is 0 Å². The second-order valence-electron chi connectivity index (χ2n) is 5.03. The maximum absolute atomic E-state index is 12.4. The number of primary amides is 1. The maximum Gasteiger partial charge on any atom is 0.237 e. The van der Waals surface area contributed by atoms with Crippen molar-refractivity contribution >= 4 is 11.8 Å². The highest BCUT2D eigenvalue weighted by Crippen LogP contribution is 2.30. The highest BCUT2D eigenvalue weighted by molar-refractivity contribution is 5.88. The van der Waals surface area contributed by atoms with Gasteiger partial charge in [-0.3, -0.25) is 9.59 Å². The Hall–Kier alpha value is -1.14. The van der Waals surface area contributed by atoms with Crippen LogP contribution in [0.3, 0.4) is 0 Å². The van der Waals surface area contributed by atoms with Gasteiger partial charge in [0.25, 0.3) is 0 Å². The van der Waals surface area contributed by atoms with Crippen LogP contribution in [-0.2, 0) is 14.3 Å². The van der Waals surface area contributed by atoms with Crippen LogP contribution in [0.5, 0.6) is 0 Å². The van der Waals surface area contributed by atoms with Gasteiger partial charge in [0.2, 0.25) is 11.8 Å². The van der Waals surface area contributed by atoms with E-state index in [1.165, 1.54) is 4.90 Å². The van der Waals surface area contributed by atoms with Gasteiger partial charge in [-0.1, -0.05) is 0 Å². The van der Waals surface area contributed by atoms with Crippen molar-refractivity contribution in [3.63, 3.8) is 0 Å². The fraction of sp³-hybridized carbons (Fsp3) is 0.818. The van der Waals surface area contributed by atoms with E-state index in [4.69, 9.17) is 16.2 Å². The molecule has 0 aromatic carbocycles. The lowest BCUT2D eigenvalue weighted by Gasteiger charge is -2.34. The lowest BCUT2D eigenvalue weighted by Crippen LogP contribution is -2.55. The standard InChI is InChI=1S/C11H21N3O3/c1-7(2)14(4-9(13)15)10(16)11(3)6-17-5-8(11)12/h7-8H,4-6,12H2,1-3H3,(H2,13,15). The molecule has 1 aliphatic heterocycles. The molecule has 4 N–H and O–H groups in total. The Morgan fingerprint density at radius 2 is 2.12 bits per heavy atom. The fourth-order valence-corrected chi connectivity index (χ4v) is 1.89. The van der Waals surface area contributed by atoms with Crippen LogP contribution in [0.2, 0.25) is 0 Å². The minimum Gasteiger partial charge on any atom is -0.379 e. The fourth-order valence-electron chi connectivity index (χ4n) is 1.89. The predicted octanol–water partition coefficient (Wildman–Crippen LogP) is -0.927. The summed E-state index contributed by atoms with van der Waals surface area (Å²) in [5, 5.41) is 0. The number of carbonyl (C=O) groups excluding carboxylic acids is 2. The van der Waals surface area contributed by atoms with Gasteiger partial charge in [0.15, 0.2) is 0 Å². The van der Waals surface area contributed by atoms with Crippen molar-refractivity contribution < 1.29 is 14.3 Å². The molecular formula is C11H21N3O3. The van der Waals surface area contributed by atoms with Gasteiger partial charge in [-0.25, -0.2) is 0 Å². The number of carbonyl (C=O) groups is 2. The van der Waals surface area contributed by atoms with Crippen molar-refractivity contribution in [1.29, 1.82) is 0 Å². The molecule has 1 heterocycles. The molecule has 0 spiro atoms. The van der Waals surface area contributed by atoms with Gasteiger partial charge < -0.3 is 21.1 Å². The zero-order valence-corrected chi connectivity index (χ0v) is 10.6. The Morgan fingerprint density at radius 1 is 1.53 bits per heavy atom. The quantitative estimate of drug-likeness (QED) is 0.666. The van der Waals surface area contributed by atoms with Crippen molar-refractivity contribution in [1.82, 2.24) is 4.90 Å². The number of hydrogen-bond donors (Lipinski definition) is 2. The molecule has 0 bridgehead atoms. The zero-order valence-electron chi connectivity index (χ0n) is 10.6. The number of nitrogens with zero attached hydrogens (tertiary/aromatic N) is 1. The number of hydrogen-bond acceptors (Lipinski definition) is 4. The van der Waals surface area contributed by atoms with Gasteiger partial charge in [-0.2, -0.15) is 0 Å². The van der Waals surface area contributed by atoms with E-state index in [9.17, 15) is 9.59 Å². The molecule has 6 nitrogen and oxygen atoms in total. The molecule has 17 heavy (non-hydrogen) atoms. The molecule has 1 rings (SSSR count). The smallest absolute Gasteiger partial charge is 0.237 e. The molecule has 1 saturated heterocycles. The lowest BCUT2D eigenvalue weighted by atomic mass is 9.84. The van der Waals surface area contributed by atoms with Crippen LogP contribution in [0.25, 0.3) is 0 Å². The third-order valence-corrected chi connectivity index (χ3v) is 3.22. The number of amides is 2. The summed E-state index contributed by atoms with van der Waals surface area (Å²) in [5.74, 6) is -0.695.